The van der Waals surface area contributed by atoms with E-state index in [0.717, 1.165) is 0 Å². The van der Waals surface area contributed by atoms with E-state index in [1.807, 2.05) is 0 Å². The number of carbonyl (C=O) groups is 1. The molecule has 5 heteroatoms. The maximum Gasteiger partial charge on any atom is 0.207 e. The van der Waals surface area contributed by atoms with Crippen molar-refractivity contribution in [3.05, 3.63) is 0 Å². The van der Waals surface area contributed by atoms with E-state index in [1.54, 1.807) is 0 Å². The molecule has 0 aromatic heterocycles. The molecule has 1 nitrogen and oxygen atoms in total. The summed E-state index contributed by atoms with van der Waals surface area (Å²) in [5, 5.41) is -0.741. The standard InChI is InChI=1S/C5H6Cl4O/c1-3(10)2-4(6)5(7,8)9/h4H,2H2,1H3. The van der Waals surface area contributed by atoms with Crippen molar-refractivity contribution in [2.24, 2.45) is 0 Å². The number of hydrogen-bond donors (Lipinski definition) is 0. The lowest BCUT2D eigenvalue weighted by Crippen LogP contribution is -2.21. The van der Waals surface area contributed by atoms with Crippen LogP contribution < -0.4 is 0 Å². The summed E-state index contributed by atoms with van der Waals surface area (Å²) in [5.41, 5.74) is 0. The summed E-state index contributed by atoms with van der Waals surface area (Å²) in [7, 11) is 0. The molecular weight excluding hydrogens is 218 g/mol. The van der Waals surface area contributed by atoms with E-state index >= 15 is 0 Å². The van der Waals surface area contributed by atoms with Gasteiger partial charge in [-0.2, -0.15) is 0 Å². The van der Waals surface area contributed by atoms with Crippen molar-refractivity contribution in [2.45, 2.75) is 22.5 Å². The van der Waals surface area contributed by atoms with Gasteiger partial charge in [0.15, 0.2) is 0 Å². The molecular formula is C5H6Cl4O. The normalized spacial score (nSPS) is 14.9. The van der Waals surface area contributed by atoms with Crippen LogP contribution in [0.5, 0.6) is 0 Å². The molecule has 60 valence electrons. The van der Waals surface area contributed by atoms with Crippen LogP contribution in [0.15, 0.2) is 0 Å². The first-order chi connectivity index (χ1) is 4.34. The van der Waals surface area contributed by atoms with Crippen molar-refractivity contribution in [1.29, 1.82) is 0 Å². The second kappa shape index (κ2) is 4.01. The van der Waals surface area contributed by atoms with Crippen LogP contribution in [0.3, 0.4) is 0 Å². The molecule has 0 aromatic carbocycles. The zero-order valence-electron chi connectivity index (χ0n) is 5.20. The average molecular weight is 224 g/mol. The van der Waals surface area contributed by atoms with E-state index in [9.17, 15) is 4.79 Å². The fourth-order valence-corrected chi connectivity index (χ4v) is 0.817. The Morgan fingerprint density at radius 1 is 1.50 bits per heavy atom. The summed E-state index contributed by atoms with van der Waals surface area (Å²) in [6.45, 7) is 1.39. The topological polar surface area (TPSA) is 17.1 Å². The van der Waals surface area contributed by atoms with Gasteiger partial charge in [-0.3, -0.25) is 4.79 Å². The molecule has 1 unspecified atom stereocenters. The van der Waals surface area contributed by atoms with Crippen LogP contribution in [0.1, 0.15) is 13.3 Å². The Bertz CT molecular complexity index is 128. The van der Waals surface area contributed by atoms with Gasteiger partial charge in [-0.15, -0.1) is 11.6 Å². The number of hydrogen-bond acceptors (Lipinski definition) is 1. The third-order valence-electron chi connectivity index (χ3n) is 0.822. The number of Topliss-reactive ketones (excluding diaryl/α,β-unsaturated/α-hetero) is 1. The van der Waals surface area contributed by atoms with E-state index in [4.69, 9.17) is 46.4 Å². The highest BCUT2D eigenvalue weighted by atomic mass is 35.6. The fraction of sp³-hybridized carbons (Fsp3) is 0.800. The van der Waals surface area contributed by atoms with Crippen molar-refractivity contribution in [1.82, 2.24) is 0 Å². The van der Waals surface area contributed by atoms with Crippen LogP contribution in [0, 0.1) is 0 Å². The largest absolute Gasteiger partial charge is 0.300 e. The highest BCUT2D eigenvalue weighted by Crippen LogP contribution is 2.35. The lowest BCUT2D eigenvalue weighted by atomic mass is 10.2. The number of alkyl halides is 4. The van der Waals surface area contributed by atoms with Gasteiger partial charge in [-0.05, 0) is 6.92 Å². The SMILES string of the molecule is CC(=O)CC(Cl)C(Cl)(Cl)Cl. The summed E-state index contributed by atoms with van der Waals surface area (Å²) in [6.07, 6.45) is 0.0814. The van der Waals surface area contributed by atoms with E-state index in [-0.39, 0.29) is 12.2 Å². The van der Waals surface area contributed by atoms with Gasteiger partial charge < -0.3 is 0 Å². The Labute approximate surface area is 79.6 Å². The first-order valence-corrected chi connectivity index (χ1v) is 4.11. The number of carbonyl (C=O) groups excluding carboxylic acids is 1. The fourth-order valence-electron chi connectivity index (χ4n) is 0.368. The minimum absolute atomic E-state index is 0.0814. The molecule has 0 aliphatic rings. The number of rotatable bonds is 2. The van der Waals surface area contributed by atoms with Crippen molar-refractivity contribution in [3.63, 3.8) is 0 Å². The first-order valence-electron chi connectivity index (χ1n) is 2.54. The highest BCUT2D eigenvalue weighted by molar-refractivity contribution is 6.70. The highest BCUT2D eigenvalue weighted by Gasteiger charge is 2.31. The maximum absolute atomic E-state index is 10.4. The summed E-state index contributed by atoms with van der Waals surface area (Å²) in [5.74, 6) is -0.0914. The zero-order chi connectivity index (χ0) is 8.36. The molecule has 0 aliphatic carbocycles. The third-order valence-corrected chi connectivity index (χ3v) is 2.43. The summed E-state index contributed by atoms with van der Waals surface area (Å²) in [4.78, 5) is 10.4. The first kappa shape index (κ1) is 10.8. The molecule has 0 N–H and O–H groups in total. The van der Waals surface area contributed by atoms with Crippen LogP contribution in [0.25, 0.3) is 0 Å². The Morgan fingerprint density at radius 3 is 2.00 bits per heavy atom. The van der Waals surface area contributed by atoms with Crippen molar-refractivity contribution < 1.29 is 4.79 Å². The molecule has 0 spiro atoms. The quantitative estimate of drug-likeness (QED) is 0.659. The van der Waals surface area contributed by atoms with E-state index in [1.165, 1.54) is 6.92 Å². The molecule has 0 radical (unpaired) electrons. The average Bonchev–Trinajstić information content (AvgIpc) is 1.60. The molecule has 0 aliphatic heterocycles. The van der Waals surface area contributed by atoms with Gasteiger partial charge in [0, 0.05) is 6.42 Å². The van der Waals surface area contributed by atoms with Gasteiger partial charge in [-0.25, -0.2) is 0 Å². The Hall–Kier alpha value is 0.830. The second-order valence-electron chi connectivity index (χ2n) is 1.92. The van der Waals surface area contributed by atoms with E-state index in [2.05, 4.69) is 0 Å². The molecule has 0 fully saturated rings. The maximum atomic E-state index is 10.4. The minimum Gasteiger partial charge on any atom is -0.300 e. The van der Waals surface area contributed by atoms with Gasteiger partial charge >= 0.3 is 0 Å². The molecule has 0 bridgehead atoms. The third kappa shape index (κ3) is 4.62. The summed E-state index contributed by atoms with van der Waals surface area (Å²) < 4.78 is -1.55. The van der Waals surface area contributed by atoms with Crippen LogP contribution in [-0.2, 0) is 4.79 Å². The Balaban J connectivity index is 3.85. The van der Waals surface area contributed by atoms with Gasteiger partial charge in [0.25, 0.3) is 0 Å². The number of halogens is 4. The molecule has 0 saturated heterocycles. The smallest absolute Gasteiger partial charge is 0.207 e. The lowest BCUT2D eigenvalue weighted by molar-refractivity contribution is -0.117. The second-order valence-corrected chi connectivity index (χ2v) is 4.81. The van der Waals surface area contributed by atoms with Crippen LogP contribution in [-0.4, -0.2) is 15.0 Å². The van der Waals surface area contributed by atoms with Crippen LogP contribution in [0.4, 0.5) is 0 Å². The summed E-state index contributed by atoms with van der Waals surface area (Å²) in [6, 6.07) is 0. The molecule has 0 rings (SSSR count). The lowest BCUT2D eigenvalue weighted by Gasteiger charge is -2.15. The van der Waals surface area contributed by atoms with E-state index in [0.29, 0.717) is 0 Å². The van der Waals surface area contributed by atoms with Crippen LogP contribution in [0.2, 0.25) is 0 Å². The molecule has 0 amide bonds. The van der Waals surface area contributed by atoms with Crippen molar-refractivity contribution in [3.8, 4) is 0 Å². The van der Waals surface area contributed by atoms with Gasteiger partial charge in [0.05, 0.1) is 5.38 Å². The predicted octanol–water partition coefficient (Wildman–Crippen LogP) is 2.94. The van der Waals surface area contributed by atoms with Crippen molar-refractivity contribution >= 4 is 52.2 Å². The Kier molecular flexibility index (Phi) is 4.34. The molecule has 0 aromatic rings. The van der Waals surface area contributed by atoms with Gasteiger partial charge in [0.2, 0.25) is 3.79 Å². The van der Waals surface area contributed by atoms with Gasteiger partial charge in [0.1, 0.15) is 5.78 Å². The minimum atomic E-state index is -1.55. The summed E-state index contributed by atoms with van der Waals surface area (Å²) >= 11 is 21.7. The monoisotopic (exact) mass is 222 g/mol. The zero-order valence-corrected chi connectivity index (χ0v) is 8.23. The van der Waals surface area contributed by atoms with Gasteiger partial charge in [-0.1, -0.05) is 34.8 Å². The number of ketones is 1. The molecule has 1 atom stereocenters. The molecule has 0 heterocycles. The molecule has 0 saturated carbocycles. The van der Waals surface area contributed by atoms with Crippen molar-refractivity contribution in [2.75, 3.05) is 0 Å². The Morgan fingerprint density at radius 2 is 1.90 bits per heavy atom. The van der Waals surface area contributed by atoms with E-state index < -0.39 is 9.17 Å². The van der Waals surface area contributed by atoms with Crippen LogP contribution >= 0.6 is 46.4 Å². The molecule has 10 heavy (non-hydrogen) atoms. The predicted molar refractivity (Wildman–Crippen MR) is 45.2 cm³/mol.